The van der Waals surface area contributed by atoms with E-state index in [1.165, 1.54) is 0 Å². The fraction of sp³-hybridized carbons (Fsp3) is 0.385. The van der Waals surface area contributed by atoms with Crippen LogP contribution < -0.4 is 5.73 Å². The molecule has 2 rings (SSSR count). The van der Waals surface area contributed by atoms with Gasteiger partial charge >= 0.3 is 0 Å². The van der Waals surface area contributed by atoms with Crippen LogP contribution in [-0.2, 0) is 0 Å². The first-order chi connectivity index (χ1) is 8.67. The van der Waals surface area contributed by atoms with Crippen LogP contribution in [0.4, 0.5) is 5.95 Å². The van der Waals surface area contributed by atoms with Crippen molar-refractivity contribution in [3.05, 3.63) is 23.8 Å². The highest BCUT2D eigenvalue weighted by Crippen LogP contribution is 2.25. The average molecular weight is 260 g/mol. The van der Waals surface area contributed by atoms with E-state index in [9.17, 15) is 0 Å². The number of thioether (sulfide) groups is 1. The molecule has 1 aromatic heterocycles. The van der Waals surface area contributed by atoms with Gasteiger partial charge in [-0.3, -0.25) is 0 Å². The number of nitrogens with zero attached hydrogens (tertiary/aromatic N) is 3. The number of nitrogen functional groups attached to an aromatic ring is 1. The number of rotatable bonds is 4. The van der Waals surface area contributed by atoms with Crippen molar-refractivity contribution < 1.29 is 0 Å². The van der Waals surface area contributed by atoms with Crippen molar-refractivity contribution in [2.45, 2.75) is 19.9 Å². The molecule has 0 radical (unpaired) electrons. The molecule has 2 aromatic rings. The molecule has 0 fully saturated rings. The molecule has 94 valence electrons. The van der Waals surface area contributed by atoms with Gasteiger partial charge in [-0.25, -0.2) is 4.98 Å². The van der Waals surface area contributed by atoms with E-state index in [-0.39, 0.29) is 6.04 Å². The lowest BCUT2D eigenvalue weighted by molar-refractivity contribution is 0.636. The van der Waals surface area contributed by atoms with Gasteiger partial charge in [0.2, 0.25) is 5.95 Å². The third-order valence-electron chi connectivity index (χ3n) is 2.85. The SMILES string of the molecule is CCSCC(C)n1c(N)nc2ccc(C#N)cc21. The Morgan fingerprint density at radius 2 is 2.33 bits per heavy atom. The Morgan fingerprint density at radius 3 is 3.00 bits per heavy atom. The van der Waals surface area contributed by atoms with Gasteiger partial charge in [0.25, 0.3) is 0 Å². The highest BCUT2D eigenvalue weighted by molar-refractivity contribution is 7.99. The molecule has 5 heteroatoms. The van der Waals surface area contributed by atoms with Crippen molar-refractivity contribution in [3.8, 4) is 6.07 Å². The molecule has 0 aliphatic rings. The molecule has 4 nitrogen and oxygen atoms in total. The molecule has 0 bridgehead atoms. The summed E-state index contributed by atoms with van der Waals surface area (Å²) in [5.41, 5.74) is 8.40. The summed E-state index contributed by atoms with van der Waals surface area (Å²) in [7, 11) is 0. The molecule has 18 heavy (non-hydrogen) atoms. The van der Waals surface area contributed by atoms with Crippen molar-refractivity contribution in [3.63, 3.8) is 0 Å². The van der Waals surface area contributed by atoms with Crippen molar-refractivity contribution in [2.75, 3.05) is 17.2 Å². The van der Waals surface area contributed by atoms with E-state index >= 15 is 0 Å². The molecule has 0 saturated heterocycles. The second-order valence-electron chi connectivity index (χ2n) is 4.16. The zero-order valence-corrected chi connectivity index (χ0v) is 11.4. The minimum atomic E-state index is 0.272. The van der Waals surface area contributed by atoms with E-state index in [1.54, 1.807) is 6.07 Å². The van der Waals surface area contributed by atoms with Crippen LogP contribution in [0.1, 0.15) is 25.5 Å². The van der Waals surface area contributed by atoms with Gasteiger partial charge in [0.1, 0.15) is 0 Å². The number of fused-ring (bicyclic) bond motifs is 1. The van der Waals surface area contributed by atoms with Gasteiger partial charge in [-0.15, -0.1) is 0 Å². The summed E-state index contributed by atoms with van der Waals surface area (Å²) in [4.78, 5) is 4.34. The summed E-state index contributed by atoms with van der Waals surface area (Å²) in [5.74, 6) is 2.59. The first kappa shape index (κ1) is 12.8. The normalized spacial score (nSPS) is 12.5. The van der Waals surface area contributed by atoms with Gasteiger partial charge < -0.3 is 10.3 Å². The van der Waals surface area contributed by atoms with Crippen LogP contribution in [0.3, 0.4) is 0 Å². The summed E-state index contributed by atoms with van der Waals surface area (Å²) in [6, 6.07) is 7.89. The first-order valence-corrected chi connectivity index (χ1v) is 7.08. The summed E-state index contributed by atoms with van der Waals surface area (Å²) >= 11 is 1.87. The molecule has 1 atom stereocenters. The Hall–Kier alpha value is -1.67. The summed E-state index contributed by atoms with van der Waals surface area (Å²) < 4.78 is 2.01. The molecule has 0 spiro atoms. The maximum atomic E-state index is 8.96. The Kier molecular flexibility index (Phi) is 3.78. The minimum absolute atomic E-state index is 0.272. The lowest BCUT2D eigenvalue weighted by atomic mass is 10.2. The van der Waals surface area contributed by atoms with E-state index in [0.29, 0.717) is 11.5 Å². The number of hydrogen-bond acceptors (Lipinski definition) is 4. The third-order valence-corrected chi connectivity index (χ3v) is 3.98. The van der Waals surface area contributed by atoms with Crippen LogP contribution in [-0.4, -0.2) is 21.1 Å². The number of hydrogen-bond donors (Lipinski definition) is 1. The number of imidazole rings is 1. The van der Waals surface area contributed by atoms with Gasteiger partial charge in [-0.05, 0) is 30.9 Å². The van der Waals surface area contributed by atoms with Crippen molar-refractivity contribution in [1.82, 2.24) is 9.55 Å². The van der Waals surface area contributed by atoms with Crippen LogP contribution in [0.5, 0.6) is 0 Å². The molecular weight excluding hydrogens is 244 g/mol. The highest BCUT2D eigenvalue weighted by Gasteiger charge is 2.14. The van der Waals surface area contributed by atoms with Crippen molar-refractivity contribution in [2.24, 2.45) is 0 Å². The predicted octanol–water partition coefficient (Wildman–Crippen LogP) is 2.80. The summed E-state index contributed by atoms with van der Waals surface area (Å²) in [6.45, 7) is 4.26. The Bertz CT molecular complexity index is 597. The lowest BCUT2D eigenvalue weighted by Crippen LogP contribution is -2.11. The average Bonchev–Trinajstić information content (AvgIpc) is 2.70. The number of benzene rings is 1. The van der Waals surface area contributed by atoms with E-state index < -0.39 is 0 Å². The van der Waals surface area contributed by atoms with Crippen LogP contribution in [0, 0.1) is 11.3 Å². The molecule has 0 aliphatic carbocycles. The van der Waals surface area contributed by atoms with E-state index in [4.69, 9.17) is 11.0 Å². The molecule has 1 heterocycles. The van der Waals surface area contributed by atoms with Crippen molar-refractivity contribution in [1.29, 1.82) is 5.26 Å². The fourth-order valence-electron chi connectivity index (χ4n) is 2.01. The smallest absolute Gasteiger partial charge is 0.201 e. The minimum Gasteiger partial charge on any atom is -0.369 e. The van der Waals surface area contributed by atoms with E-state index in [0.717, 1.165) is 22.5 Å². The van der Waals surface area contributed by atoms with Gasteiger partial charge in [-0.2, -0.15) is 17.0 Å². The maximum absolute atomic E-state index is 8.96. The zero-order chi connectivity index (χ0) is 13.1. The highest BCUT2D eigenvalue weighted by atomic mass is 32.2. The summed E-state index contributed by atoms with van der Waals surface area (Å²) in [5, 5.41) is 8.96. The molecule has 0 aliphatic heterocycles. The second kappa shape index (κ2) is 5.32. The second-order valence-corrected chi connectivity index (χ2v) is 5.48. The number of anilines is 1. The predicted molar refractivity (Wildman–Crippen MR) is 76.6 cm³/mol. The number of nitrogens with two attached hydrogens (primary N) is 1. The quantitative estimate of drug-likeness (QED) is 0.917. The first-order valence-electron chi connectivity index (χ1n) is 5.92. The Labute approximate surface area is 111 Å². The lowest BCUT2D eigenvalue weighted by Gasteiger charge is -2.15. The van der Waals surface area contributed by atoms with Crippen LogP contribution in [0.15, 0.2) is 18.2 Å². The third kappa shape index (κ3) is 2.29. The number of nitriles is 1. The molecule has 0 amide bonds. The van der Waals surface area contributed by atoms with Crippen LogP contribution in [0.25, 0.3) is 11.0 Å². The monoisotopic (exact) mass is 260 g/mol. The Balaban J connectivity index is 2.48. The molecule has 0 saturated carbocycles. The molecule has 2 N–H and O–H groups in total. The fourth-order valence-corrected chi connectivity index (χ4v) is 2.73. The Morgan fingerprint density at radius 1 is 1.56 bits per heavy atom. The molecular formula is C13H16N4S. The van der Waals surface area contributed by atoms with Gasteiger partial charge in [-0.1, -0.05) is 6.92 Å². The van der Waals surface area contributed by atoms with Crippen molar-refractivity contribution >= 4 is 28.7 Å². The van der Waals surface area contributed by atoms with E-state index in [2.05, 4.69) is 24.9 Å². The van der Waals surface area contributed by atoms with Gasteiger partial charge in [0.15, 0.2) is 0 Å². The van der Waals surface area contributed by atoms with Gasteiger partial charge in [0, 0.05) is 11.8 Å². The number of aromatic nitrogens is 2. The standard InChI is InChI=1S/C13H16N4S/c1-3-18-8-9(2)17-12-6-10(7-14)4-5-11(12)16-13(17)15/h4-6,9H,3,8H2,1-2H3,(H2,15,16). The zero-order valence-electron chi connectivity index (χ0n) is 10.6. The largest absolute Gasteiger partial charge is 0.369 e. The molecule has 1 aromatic carbocycles. The topological polar surface area (TPSA) is 67.6 Å². The van der Waals surface area contributed by atoms with Crippen LogP contribution >= 0.6 is 11.8 Å². The van der Waals surface area contributed by atoms with Gasteiger partial charge in [0.05, 0.1) is 22.7 Å². The van der Waals surface area contributed by atoms with E-state index in [1.807, 2.05) is 28.5 Å². The maximum Gasteiger partial charge on any atom is 0.201 e. The molecule has 1 unspecified atom stereocenters. The van der Waals surface area contributed by atoms with Crippen LogP contribution in [0.2, 0.25) is 0 Å². The summed E-state index contributed by atoms with van der Waals surface area (Å²) in [6.07, 6.45) is 0.